The maximum atomic E-state index is 14.8. The molecule has 0 radical (unpaired) electrons. The number of aromatic hydroxyl groups is 1. The number of phenols is 1. The summed E-state index contributed by atoms with van der Waals surface area (Å²) in [6.07, 6.45) is -4.79. The molecule has 0 saturated carbocycles. The molecule has 10 N–H and O–H groups in total. The number of aryl methyl sites for hydroxylation is 1. The number of aliphatic hydroxyl groups excluding tert-OH is 2. The van der Waals surface area contributed by atoms with Crippen LogP contribution in [0, 0.1) is 5.92 Å². The molecule has 75 heavy (non-hydrogen) atoms. The maximum absolute atomic E-state index is 14.8. The number of amides is 9. The second kappa shape index (κ2) is 26.7. The maximum Gasteiger partial charge on any atom is 0.329 e. The van der Waals surface area contributed by atoms with E-state index in [1.807, 2.05) is 0 Å². The van der Waals surface area contributed by atoms with Crippen molar-refractivity contribution in [3.8, 4) is 11.5 Å². The molecule has 0 aliphatic carbocycles. The van der Waals surface area contributed by atoms with Crippen LogP contribution in [0.5, 0.6) is 11.5 Å². The summed E-state index contributed by atoms with van der Waals surface area (Å²) in [6.45, 7) is 6.12. The predicted octanol–water partition coefficient (Wildman–Crippen LogP) is -1.60. The summed E-state index contributed by atoms with van der Waals surface area (Å²) in [4.78, 5) is 143. The first-order valence-corrected chi connectivity index (χ1v) is 25.2. The lowest BCUT2D eigenvalue weighted by molar-refractivity contribution is -0.170. The third-order valence-corrected chi connectivity index (χ3v) is 14.1. The number of nitrogens with zero attached hydrogens (tertiary/aromatic N) is 3. The Morgan fingerprint density at radius 3 is 2.20 bits per heavy atom. The van der Waals surface area contributed by atoms with E-state index in [2.05, 4.69) is 26.6 Å². The van der Waals surface area contributed by atoms with Crippen LogP contribution in [-0.4, -0.2) is 177 Å². The Morgan fingerprint density at radius 2 is 1.59 bits per heavy atom. The fourth-order valence-corrected chi connectivity index (χ4v) is 9.36. The lowest BCUT2D eigenvalue weighted by atomic mass is 9.96. The number of nitrogens with two attached hydrogens (primary N) is 1. The number of likely N-dealkylation sites (tertiary alicyclic amines) is 1. The third kappa shape index (κ3) is 15.1. The van der Waals surface area contributed by atoms with Crippen molar-refractivity contribution in [3.63, 3.8) is 0 Å². The first-order chi connectivity index (χ1) is 35.6. The topological polar surface area (TPSA) is 346 Å². The molecule has 9 amide bonds. The number of carbonyl (C=O) groups is 10. The quantitative estimate of drug-likeness (QED) is 0.0636. The van der Waals surface area contributed by atoms with Crippen LogP contribution in [0.2, 0.25) is 0 Å². The molecule has 5 rings (SSSR count). The van der Waals surface area contributed by atoms with Crippen molar-refractivity contribution in [2.45, 2.75) is 159 Å². The van der Waals surface area contributed by atoms with Crippen LogP contribution >= 0.6 is 0 Å². The molecule has 410 valence electrons. The monoisotopic (exact) mass is 1050 g/mol. The Morgan fingerprint density at radius 1 is 0.920 bits per heavy atom. The lowest BCUT2D eigenvalue weighted by Gasteiger charge is -2.43. The van der Waals surface area contributed by atoms with Crippen molar-refractivity contribution >= 4 is 59.6 Å². The third-order valence-electron chi connectivity index (χ3n) is 14.1. The summed E-state index contributed by atoms with van der Waals surface area (Å²) in [5.74, 6) is -8.79. The van der Waals surface area contributed by atoms with Gasteiger partial charge in [-0.2, -0.15) is 0 Å². The Bertz CT molecular complexity index is 2390. The van der Waals surface area contributed by atoms with Gasteiger partial charge in [-0.25, -0.2) is 4.79 Å². The minimum atomic E-state index is -1.88. The number of carbonyl (C=O) groups excluding carboxylic acids is 10. The van der Waals surface area contributed by atoms with Crippen LogP contribution in [0.25, 0.3) is 0 Å². The number of esters is 1. The molecule has 2 bridgehead atoms. The summed E-state index contributed by atoms with van der Waals surface area (Å²) in [5, 5.41) is 45.6. The highest BCUT2D eigenvalue weighted by molar-refractivity contribution is 5.99. The van der Waals surface area contributed by atoms with Gasteiger partial charge in [0.1, 0.15) is 72.2 Å². The van der Waals surface area contributed by atoms with E-state index in [0.717, 1.165) is 9.80 Å². The van der Waals surface area contributed by atoms with E-state index in [-0.39, 0.29) is 63.7 Å². The number of hydrogen-bond donors (Lipinski definition) is 9. The highest BCUT2D eigenvalue weighted by Gasteiger charge is 2.47. The average molecular weight is 1050 g/mol. The number of methoxy groups -OCH3 is 1. The standard InChI is InChI=1S/C51H71N9O15/c1-7-27(2)41-51(73)75-29(4)42(57-45(67)35(20-22-39(52)64)53-46(68)37-9-8-24-59(37)26-61)48(70)54-34(19-14-30-10-15-32(63)16-11-30)44(66)55-36-21-23-40(65)60(49(36)71)43(28(3)62)50(72)58(5)38(47(69)56-41)25-31-12-17-33(74-6)18-13-31/h10-13,15-18,26-29,34-38,40-43,62-63,65H,7-9,14,19-25H2,1-6H3,(H2,52,64)(H,53,68)(H,54,70)(H,55,66)(H,56,69)(H,57,67)/t27-,28+,29+,34+,35+,36-,37-,38-,40-,41-,42+,43+/m0/s1. The molecule has 0 unspecified atom stereocenters. The minimum Gasteiger partial charge on any atom is -0.508 e. The van der Waals surface area contributed by atoms with Gasteiger partial charge >= 0.3 is 5.97 Å². The van der Waals surface area contributed by atoms with Gasteiger partial charge in [0.25, 0.3) is 0 Å². The number of hydrogen-bond acceptors (Lipinski definition) is 15. The molecule has 2 aromatic carbocycles. The number of primary amides is 1. The summed E-state index contributed by atoms with van der Waals surface area (Å²) in [5.41, 5.74) is 6.57. The fourth-order valence-electron chi connectivity index (χ4n) is 9.36. The van der Waals surface area contributed by atoms with Gasteiger partial charge in [0.2, 0.25) is 53.7 Å². The summed E-state index contributed by atoms with van der Waals surface area (Å²) < 4.78 is 11.2. The predicted molar refractivity (Wildman–Crippen MR) is 266 cm³/mol. The molecule has 2 aromatic rings. The molecule has 24 nitrogen and oxygen atoms in total. The summed E-state index contributed by atoms with van der Waals surface area (Å²) in [7, 11) is 2.73. The summed E-state index contributed by atoms with van der Waals surface area (Å²) >= 11 is 0. The number of fused-ring (bicyclic) bond motifs is 2. The molecule has 0 aromatic heterocycles. The van der Waals surface area contributed by atoms with Crippen LogP contribution in [0.15, 0.2) is 48.5 Å². The number of benzene rings is 2. The zero-order valence-electron chi connectivity index (χ0n) is 43.1. The van der Waals surface area contributed by atoms with Gasteiger partial charge in [-0.05, 0) is 100 Å². The first-order valence-electron chi connectivity index (χ1n) is 25.2. The van der Waals surface area contributed by atoms with Crippen LogP contribution in [0.1, 0.15) is 90.2 Å². The fraction of sp³-hybridized carbons (Fsp3) is 0.569. The van der Waals surface area contributed by atoms with E-state index in [1.54, 1.807) is 50.2 Å². The smallest absolute Gasteiger partial charge is 0.329 e. The van der Waals surface area contributed by atoms with Crippen molar-refractivity contribution in [1.82, 2.24) is 41.3 Å². The normalized spacial score (nSPS) is 26.5. The van der Waals surface area contributed by atoms with Gasteiger partial charge in [-0.3, -0.25) is 43.2 Å². The van der Waals surface area contributed by atoms with Crippen molar-refractivity contribution < 1.29 is 72.7 Å². The largest absolute Gasteiger partial charge is 0.508 e. The van der Waals surface area contributed by atoms with Gasteiger partial charge in [0.05, 0.1) is 13.2 Å². The molecule has 24 heteroatoms. The average Bonchev–Trinajstić information content (AvgIpc) is 3.87. The Balaban J connectivity index is 1.62. The van der Waals surface area contributed by atoms with Gasteiger partial charge in [0, 0.05) is 26.4 Å². The highest BCUT2D eigenvalue weighted by atomic mass is 16.5. The van der Waals surface area contributed by atoms with Crippen molar-refractivity contribution in [3.05, 3.63) is 59.7 Å². The van der Waals surface area contributed by atoms with E-state index >= 15 is 0 Å². The van der Waals surface area contributed by atoms with Crippen molar-refractivity contribution in [1.29, 1.82) is 0 Å². The summed E-state index contributed by atoms with van der Waals surface area (Å²) in [6, 6.07) is 0.423. The van der Waals surface area contributed by atoms with E-state index < -0.39 is 132 Å². The molecule has 3 fully saturated rings. The van der Waals surface area contributed by atoms with Gasteiger partial charge in [-0.1, -0.05) is 44.5 Å². The number of nitrogens with one attached hydrogen (secondary N) is 5. The second-order valence-electron chi connectivity index (χ2n) is 19.4. The van der Waals surface area contributed by atoms with Crippen LogP contribution in [0.3, 0.4) is 0 Å². The number of phenolic OH excluding ortho intramolecular Hbond substituents is 1. The zero-order valence-corrected chi connectivity index (χ0v) is 43.1. The number of ether oxygens (including phenoxy) is 2. The zero-order chi connectivity index (χ0) is 55.3. The molecule has 3 aliphatic rings. The molecule has 3 heterocycles. The van der Waals surface area contributed by atoms with Crippen molar-refractivity contribution in [2.24, 2.45) is 11.7 Å². The molecule has 3 saturated heterocycles. The molecule has 3 aliphatic heterocycles. The van der Waals surface area contributed by atoms with E-state index in [1.165, 1.54) is 45.0 Å². The number of aliphatic hydroxyl groups is 2. The number of cyclic esters (lactones) is 1. The van der Waals surface area contributed by atoms with Gasteiger partial charge < -0.3 is 71.8 Å². The van der Waals surface area contributed by atoms with Crippen LogP contribution in [-0.2, 0) is 65.5 Å². The van der Waals surface area contributed by atoms with Crippen molar-refractivity contribution in [2.75, 3.05) is 20.7 Å². The molecular weight excluding hydrogens is 979 g/mol. The van der Waals surface area contributed by atoms with E-state index in [9.17, 15) is 63.3 Å². The Labute approximate surface area is 434 Å². The van der Waals surface area contributed by atoms with Gasteiger partial charge in [0.15, 0.2) is 0 Å². The highest BCUT2D eigenvalue weighted by Crippen LogP contribution is 2.26. The van der Waals surface area contributed by atoms with E-state index in [4.69, 9.17) is 15.2 Å². The molecule has 12 atom stereocenters. The minimum absolute atomic E-state index is 0.0425. The SMILES string of the molecule is CC[C@H](C)[C@@H]1NC(=O)[C@H](Cc2ccc(OC)cc2)N(C)C(=O)[C@@H]([C@@H](C)O)N2C(=O)[C@H](CC[C@@H]2O)NC(=O)[C@@H](CCc2ccc(O)cc2)NC(=O)[C@H](NC(=O)[C@@H](CCC(N)=O)NC(=O)[C@@H]2CCCN2C=O)[C@@H](C)OC1=O. The van der Waals surface area contributed by atoms with Crippen LogP contribution < -0.4 is 37.1 Å². The number of likely N-dealkylation sites (N-methyl/N-ethyl adjacent to an activating group) is 1. The molecular formula is C51H71N9O15. The van der Waals surface area contributed by atoms with Gasteiger partial charge in [-0.15, -0.1) is 0 Å². The van der Waals surface area contributed by atoms with E-state index in [0.29, 0.717) is 29.7 Å². The number of rotatable bonds is 17. The number of piperidine rings is 1. The first kappa shape index (κ1) is 58.5. The van der Waals surface area contributed by atoms with Crippen LogP contribution in [0.4, 0.5) is 0 Å². The lowest BCUT2D eigenvalue weighted by Crippen LogP contribution is -2.67. The Hall–Kier alpha value is -7.34. The Kier molecular flexibility index (Phi) is 20.9. The second-order valence-corrected chi connectivity index (χ2v) is 19.4. The molecule has 0 spiro atoms.